The largest absolute Gasteiger partial charge is 0.427 e. The summed E-state index contributed by atoms with van der Waals surface area (Å²) in [5, 5.41) is 0.918. The second-order valence-electron chi connectivity index (χ2n) is 6.27. The van der Waals surface area contributed by atoms with Crippen molar-refractivity contribution in [1.29, 1.82) is 0 Å². The third-order valence-electron chi connectivity index (χ3n) is 4.27. The monoisotopic (exact) mass is 387 g/mol. The van der Waals surface area contributed by atoms with Crippen molar-refractivity contribution >= 4 is 33.3 Å². The molecule has 0 saturated carbocycles. The van der Waals surface area contributed by atoms with Gasteiger partial charge < -0.3 is 4.74 Å². The van der Waals surface area contributed by atoms with Crippen LogP contribution in [0.3, 0.4) is 0 Å². The fraction of sp³-hybridized carbons (Fsp3) is 0.0870. The van der Waals surface area contributed by atoms with Gasteiger partial charge in [0, 0.05) is 17.5 Å². The molecular weight excluding hydrogens is 370 g/mol. The Bertz CT molecular complexity index is 1080. The zero-order chi connectivity index (χ0) is 19.3. The van der Waals surface area contributed by atoms with Gasteiger partial charge in [-0.1, -0.05) is 42.5 Å². The number of thiazole rings is 1. The minimum atomic E-state index is -0.318. The average Bonchev–Trinajstić information content (AvgIpc) is 3.16. The minimum Gasteiger partial charge on any atom is -0.427 e. The van der Waals surface area contributed by atoms with E-state index in [0.717, 1.165) is 15.2 Å². The summed E-state index contributed by atoms with van der Waals surface area (Å²) in [6, 6.07) is 23.6. The molecule has 3 aromatic carbocycles. The molecule has 0 atom stereocenters. The molecule has 0 fully saturated rings. The highest BCUT2D eigenvalue weighted by molar-refractivity contribution is 7.18. The van der Waals surface area contributed by atoms with Crippen LogP contribution in [0.4, 0.5) is 0 Å². The first-order chi connectivity index (χ1) is 13.7. The van der Waals surface area contributed by atoms with E-state index in [1.54, 1.807) is 47.7 Å². The Morgan fingerprint density at radius 3 is 2.25 bits per heavy atom. The molecule has 138 valence electrons. The first-order valence-electron chi connectivity index (χ1n) is 8.94. The van der Waals surface area contributed by atoms with Gasteiger partial charge in [-0.3, -0.25) is 9.59 Å². The summed E-state index contributed by atoms with van der Waals surface area (Å²) in [5.41, 5.74) is 2.14. The second kappa shape index (κ2) is 8.15. The number of benzene rings is 3. The molecule has 0 spiro atoms. The lowest BCUT2D eigenvalue weighted by molar-refractivity contribution is -0.134. The summed E-state index contributed by atoms with van der Waals surface area (Å²) in [6.45, 7) is 0. The van der Waals surface area contributed by atoms with Gasteiger partial charge in [-0.05, 0) is 36.4 Å². The van der Waals surface area contributed by atoms with Crippen LogP contribution in [0, 0.1) is 0 Å². The van der Waals surface area contributed by atoms with Crippen molar-refractivity contribution < 1.29 is 14.3 Å². The molecule has 0 N–H and O–H groups in total. The van der Waals surface area contributed by atoms with E-state index in [4.69, 9.17) is 4.74 Å². The van der Waals surface area contributed by atoms with Crippen molar-refractivity contribution in [3.05, 3.63) is 95.0 Å². The molecule has 0 amide bonds. The zero-order valence-electron chi connectivity index (χ0n) is 15.0. The quantitative estimate of drug-likeness (QED) is 0.263. The lowest BCUT2D eigenvalue weighted by Crippen LogP contribution is -2.09. The number of rotatable bonds is 6. The molecule has 28 heavy (non-hydrogen) atoms. The number of para-hydroxylation sites is 1. The van der Waals surface area contributed by atoms with E-state index >= 15 is 0 Å². The topological polar surface area (TPSA) is 56.3 Å². The van der Waals surface area contributed by atoms with E-state index in [1.165, 1.54) is 0 Å². The van der Waals surface area contributed by atoms with E-state index < -0.39 is 0 Å². The number of hydrogen-bond acceptors (Lipinski definition) is 5. The number of carbonyl (C=O) groups excluding carboxylic acids is 2. The Kier molecular flexibility index (Phi) is 5.26. The van der Waals surface area contributed by atoms with Gasteiger partial charge in [0.2, 0.25) is 0 Å². The third-order valence-corrected chi connectivity index (χ3v) is 5.36. The summed E-state index contributed by atoms with van der Waals surface area (Å²) in [6.07, 6.45) is 0.799. The SMILES string of the molecule is O=C(CCc1nc2ccccc2s1)Oc1ccc(C(=O)c2ccccc2)cc1. The number of hydrogen-bond donors (Lipinski definition) is 0. The van der Waals surface area contributed by atoms with Crippen LogP contribution < -0.4 is 4.74 Å². The Morgan fingerprint density at radius 2 is 1.50 bits per heavy atom. The van der Waals surface area contributed by atoms with Crippen molar-refractivity contribution in [3.8, 4) is 5.75 Å². The first kappa shape index (κ1) is 18.1. The van der Waals surface area contributed by atoms with E-state index in [9.17, 15) is 9.59 Å². The van der Waals surface area contributed by atoms with Gasteiger partial charge in [-0.2, -0.15) is 0 Å². The number of carbonyl (C=O) groups is 2. The number of aromatic nitrogens is 1. The standard InChI is InChI=1S/C23H17NO3S/c25-22(15-14-21-24-19-8-4-5-9-20(19)28-21)27-18-12-10-17(11-13-18)23(26)16-6-2-1-3-7-16/h1-13H,14-15H2. The van der Waals surface area contributed by atoms with Crippen LogP contribution in [0.5, 0.6) is 5.75 Å². The van der Waals surface area contributed by atoms with Crippen molar-refractivity contribution in [2.45, 2.75) is 12.8 Å². The number of esters is 1. The van der Waals surface area contributed by atoms with E-state index in [0.29, 0.717) is 23.3 Å². The molecule has 0 aliphatic carbocycles. The van der Waals surface area contributed by atoms with Gasteiger partial charge in [-0.25, -0.2) is 4.98 Å². The van der Waals surface area contributed by atoms with E-state index in [-0.39, 0.29) is 18.2 Å². The normalized spacial score (nSPS) is 10.7. The van der Waals surface area contributed by atoms with Crippen LogP contribution in [-0.4, -0.2) is 16.7 Å². The molecule has 0 bridgehead atoms. The zero-order valence-corrected chi connectivity index (χ0v) is 15.8. The fourth-order valence-electron chi connectivity index (χ4n) is 2.85. The molecule has 5 heteroatoms. The van der Waals surface area contributed by atoms with Crippen LogP contribution >= 0.6 is 11.3 Å². The highest BCUT2D eigenvalue weighted by Crippen LogP contribution is 2.23. The molecular formula is C23H17NO3S. The molecule has 0 unspecified atom stereocenters. The summed E-state index contributed by atoms with van der Waals surface area (Å²) in [7, 11) is 0. The maximum atomic E-state index is 12.4. The molecule has 0 aliphatic heterocycles. The lowest BCUT2D eigenvalue weighted by atomic mass is 10.0. The Morgan fingerprint density at radius 1 is 0.821 bits per heavy atom. The van der Waals surface area contributed by atoms with Crippen LogP contribution in [0.2, 0.25) is 0 Å². The Hall–Kier alpha value is -3.31. The Labute approximate surface area is 166 Å². The van der Waals surface area contributed by atoms with E-state index in [1.807, 2.05) is 42.5 Å². The van der Waals surface area contributed by atoms with Gasteiger partial charge in [0.15, 0.2) is 5.78 Å². The van der Waals surface area contributed by atoms with Crippen LogP contribution in [-0.2, 0) is 11.2 Å². The number of ether oxygens (including phenoxy) is 1. The Balaban J connectivity index is 1.34. The number of ketones is 1. The smallest absolute Gasteiger partial charge is 0.311 e. The molecule has 0 aliphatic rings. The number of nitrogens with zero attached hydrogens (tertiary/aromatic N) is 1. The first-order valence-corrected chi connectivity index (χ1v) is 9.75. The predicted molar refractivity (Wildman–Crippen MR) is 110 cm³/mol. The summed E-state index contributed by atoms with van der Waals surface area (Å²) in [5.74, 6) is 0.0506. The maximum Gasteiger partial charge on any atom is 0.311 e. The van der Waals surface area contributed by atoms with Crippen molar-refractivity contribution in [2.75, 3.05) is 0 Å². The molecule has 1 aromatic heterocycles. The summed E-state index contributed by atoms with van der Waals surface area (Å²) >= 11 is 1.59. The van der Waals surface area contributed by atoms with Gasteiger partial charge >= 0.3 is 5.97 Å². The lowest BCUT2D eigenvalue weighted by Gasteiger charge is -2.05. The predicted octanol–water partition coefficient (Wildman–Crippen LogP) is 5.07. The molecule has 0 radical (unpaired) electrons. The summed E-state index contributed by atoms with van der Waals surface area (Å²) < 4.78 is 6.49. The van der Waals surface area contributed by atoms with E-state index in [2.05, 4.69) is 4.98 Å². The fourth-order valence-corrected chi connectivity index (χ4v) is 3.82. The molecule has 4 rings (SSSR count). The van der Waals surface area contributed by atoms with Gasteiger partial charge in [0.05, 0.1) is 21.6 Å². The van der Waals surface area contributed by atoms with Crippen molar-refractivity contribution in [2.24, 2.45) is 0 Å². The molecule has 4 nitrogen and oxygen atoms in total. The number of aryl methyl sites for hydroxylation is 1. The van der Waals surface area contributed by atoms with Gasteiger partial charge in [-0.15, -0.1) is 11.3 Å². The van der Waals surface area contributed by atoms with Crippen molar-refractivity contribution in [3.63, 3.8) is 0 Å². The summed E-state index contributed by atoms with van der Waals surface area (Å²) in [4.78, 5) is 29.1. The third kappa shape index (κ3) is 4.15. The minimum absolute atomic E-state index is 0.0608. The van der Waals surface area contributed by atoms with Crippen molar-refractivity contribution in [1.82, 2.24) is 4.98 Å². The average molecular weight is 387 g/mol. The molecule has 1 heterocycles. The molecule has 4 aromatic rings. The number of fused-ring (bicyclic) bond motifs is 1. The maximum absolute atomic E-state index is 12.4. The van der Waals surface area contributed by atoms with Gasteiger partial charge in [0.25, 0.3) is 0 Å². The van der Waals surface area contributed by atoms with Gasteiger partial charge in [0.1, 0.15) is 5.75 Å². The molecule has 0 saturated heterocycles. The van der Waals surface area contributed by atoms with Crippen LogP contribution in [0.1, 0.15) is 27.3 Å². The van der Waals surface area contributed by atoms with Crippen LogP contribution in [0.15, 0.2) is 78.9 Å². The highest BCUT2D eigenvalue weighted by atomic mass is 32.1. The van der Waals surface area contributed by atoms with Crippen LogP contribution in [0.25, 0.3) is 10.2 Å². The highest BCUT2D eigenvalue weighted by Gasteiger charge is 2.11. The second-order valence-corrected chi connectivity index (χ2v) is 7.38.